The lowest BCUT2D eigenvalue weighted by Gasteiger charge is -2.21. The van der Waals surface area contributed by atoms with Gasteiger partial charge in [0.25, 0.3) is 0 Å². The van der Waals surface area contributed by atoms with E-state index in [9.17, 15) is 0 Å². The lowest BCUT2D eigenvalue weighted by Crippen LogP contribution is -2.18. The van der Waals surface area contributed by atoms with E-state index in [4.69, 9.17) is 21.1 Å². The van der Waals surface area contributed by atoms with Crippen LogP contribution >= 0.6 is 27.5 Å². The van der Waals surface area contributed by atoms with Gasteiger partial charge in [-0.05, 0) is 58.9 Å². The van der Waals surface area contributed by atoms with E-state index in [-0.39, 0.29) is 6.04 Å². The molecule has 2 aromatic carbocycles. The zero-order valence-electron chi connectivity index (χ0n) is 12.1. The Hall–Kier alpha value is -1.23. The highest BCUT2D eigenvalue weighted by atomic mass is 79.9. The first-order chi connectivity index (χ1) is 10.1. The molecule has 0 saturated carbocycles. The van der Waals surface area contributed by atoms with Crippen LogP contribution in [0.25, 0.3) is 0 Å². The van der Waals surface area contributed by atoms with Gasteiger partial charge in [0.15, 0.2) is 0 Å². The van der Waals surface area contributed by atoms with Crippen molar-refractivity contribution in [2.45, 2.75) is 6.04 Å². The number of methoxy groups -OCH3 is 2. The predicted octanol–water partition coefficient (Wildman–Crippen LogP) is 4.43. The van der Waals surface area contributed by atoms with Crippen molar-refractivity contribution >= 4 is 27.5 Å². The maximum atomic E-state index is 6.13. The second-order valence-electron chi connectivity index (χ2n) is 4.50. The summed E-state index contributed by atoms with van der Waals surface area (Å²) in [5, 5.41) is 3.98. The van der Waals surface area contributed by atoms with Crippen LogP contribution in [-0.4, -0.2) is 21.3 Å². The summed E-state index contributed by atoms with van der Waals surface area (Å²) in [7, 11) is 5.21. The standard InChI is InChI=1S/C16H17BrClNO2/c1-19-16(10-4-6-15(21-3)13(17)8-10)12-9-11(18)5-7-14(12)20-2/h4-9,16,19H,1-3H3. The second kappa shape index (κ2) is 7.16. The summed E-state index contributed by atoms with van der Waals surface area (Å²) < 4.78 is 11.6. The summed E-state index contributed by atoms with van der Waals surface area (Å²) in [6, 6.07) is 11.6. The molecule has 5 heteroatoms. The second-order valence-corrected chi connectivity index (χ2v) is 5.79. The van der Waals surface area contributed by atoms with E-state index in [0.29, 0.717) is 5.02 Å². The van der Waals surface area contributed by atoms with Crippen LogP contribution in [0.3, 0.4) is 0 Å². The first kappa shape index (κ1) is 16.1. The Morgan fingerprint density at radius 1 is 1.05 bits per heavy atom. The first-order valence-electron chi connectivity index (χ1n) is 6.44. The SMILES string of the molecule is CNC(c1ccc(OC)c(Br)c1)c1cc(Cl)ccc1OC. The van der Waals surface area contributed by atoms with Gasteiger partial charge in [0.05, 0.1) is 24.7 Å². The monoisotopic (exact) mass is 369 g/mol. The van der Waals surface area contributed by atoms with Crippen molar-refractivity contribution in [1.82, 2.24) is 5.32 Å². The Bertz CT molecular complexity index is 634. The summed E-state index contributed by atoms with van der Waals surface area (Å²) >= 11 is 9.65. The molecule has 3 nitrogen and oxygen atoms in total. The molecular weight excluding hydrogens is 354 g/mol. The van der Waals surface area contributed by atoms with Gasteiger partial charge in [-0.3, -0.25) is 0 Å². The van der Waals surface area contributed by atoms with Crippen LogP contribution in [0.4, 0.5) is 0 Å². The molecule has 1 N–H and O–H groups in total. The Morgan fingerprint density at radius 2 is 1.71 bits per heavy atom. The minimum Gasteiger partial charge on any atom is -0.496 e. The lowest BCUT2D eigenvalue weighted by atomic mass is 9.98. The van der Waals surface area contributed by atoms with Crippen LogP contribution in [0.1, 0.15) is 17.2 Å². The smallest absolute Gasteiger partial charge is 0.133 e. The van der Waals surface area contributed by atoms with Gasteiger partial charge in [-0.1, -0.05) is 17.7 Å². The highest BCUT2D eigenvalue weighted by molar-refractivity contribution is 9.10. The Labute approximate surface area is 138 Å². The molecule has 0 bridgehead atoms. The molecule has 0 radical (unpaired) electrons. The maximum absolute atomic E-state index is 6.13. The van der Waals surface area contributed by atoms with E-state index < -0.39 is 0 Å². The number of halogens is 2. The van der Waals surface area contributed by atoms with Crippen molar-refractivity contribution in [3.8, 4) is 11.5 Å². The average molecular weight is 371 g/mol. The first-order valence-corrected chi connectivity index (χ1v) is 7.62. The third-order valence-electron chi connectivity index (χ3n) is 3.30. The quantitative estimate of drug-likeness (QED) is 0.844. The summed E-state index contributed by atoms with van der Waals surface area (Å²) in [6.07, 6.45) is 0. The van der Waals surface area contributed by atoms with Crippen molar-refractivity contribution in [2.75, 3.05) is 21.3 Å². The van der Waals surface area contributed by atoms with Crippen molar-refractivity contribution in [3.63, 3.8) is 0 Å². The van der Waals surface area contributed by atoms with Crippen LogP contribution < -0.4 is 14.8 Å². The molecule has 1 unspecified atom stereocenters. The summed E-state index contributed by atoms with van der Waals surface area (Å²) in [5.41, 5.74) is 2.08. The molecule has 0 aliphatic heterocycles. The molecule has 0 spiro atoms. The van der Waals surface area contributed by atoms with Crippen molar-refractivity contribution in [2.24, 2.45) is 0 Å². The van der Waals surface area contributed by atoms with Gasteiger partial charge in [0.2, 0.25) is 0 Å². The number of rotatable bonds is 5. The molecule has 0 saturated heterocycles. The average Bonchev–Trinajstić information content (AvgIpc) is 2.48. The predicted molar refractivity (Wildman–Crippen MR) is 89.6 cm³/mol. The Morgan fingerprint density at radius 3 is 2.29 bits per heavy atom. The molecule has 0 aromatic heterocycles. The van der Waals surface area contributed by atoms with Crippen molar-refractivity contribution < 1.29 is 9.47 Å². The fraction of sp³-hybridized carbons (Fsp3) is 0.250. The minimum absolute atomic E-state index is 0.0270. The molecule has 21 heavy (non-hydrogen) atoms. The molecule has 2 aromatic rings. The van der Waals surface area contributed by atoms with Gasteiger partial charge in [-0.2, -0.15) is 0 Å². The number of ether oxygens (including phenoxy) is 2. The lowest BCUT2D eigenvalue weighted by molar-refractivity contribution is 0.405. The van der Waals surface area contributed by atoms with E-state index in [1.54, 1.807) is 14.2 Å². The van der Waals surface area contributed by atoms with Crippen molar-refractivity contribution in [1.29, 1.82) is 0 Å². The fourth-order valence-corrected chi connectivity index (χ4v) is 3.03. The molecule has 112 valence electrons. The fourth-order valence-electron chi connectivity index (χ4n) is 2.29. The largest absolute Gasteiger partial charge is 0.496 e. The highest BCUT2D eigenvalue weighted by Crippen LogP contribution is 2.35. The van der Waals surface area contributed by atoms with E-state index >= 15 is 0 Å². The third-order valence-corrected chi connectivity index (χ3v) is 4.16. The van der Waals surface area contributed by atoms with Crippen LogP contribution in [0.15, 0.2) is 40.9 Å². The number of hydrogen-bond donors (Lipinski definition) is 1. The molecule has 0 aliphatic carbocycles. The normalized spacial score (nSPS) is 12.0. The summed E-state index contributed by atoms with van der Waals surface area (Å²) in [4.78, 5) is 0. The molecule has 0 heterocycles. The number of benzene rings is 2. The highest BCUT2D eigenvalue weighted by Gasteiger charge is 2.18. The van der Waals surface area contributed by atoms with Gasteiger partial charge in [-0.25, -0.2) is 0 Å². The topological polar surface area (TPSA) is 30.5 Å². The zero-order valence-corrected chi connectivity index (χ0v) is 14.5. The number of hydrogen-bond acceptors (Lipinski definition) is 3. The molecule has 2 rings (SSSR count). The van der Waals surface area contributed by atoms with E-state index in [2.05, 4.69) is 21.2 Å². The van der Waals surface area contributed by atoms with Gasteiger partial charge < -0.3 is 14.8 Å². The van der Waals surface area contributed by atoms with E-state index in [0.717, 1.165) is 27.1 Å². The maximum Gasteiger partial charge on any atom is 0.133 e. The van der Waals surface area contributed by atoms with Crippen LogP contribution in [0.5, 0.6) is 11.5 Å². The molecule has 1 atom stereocenters. The van der Waals surface area contributed by atoms with Gasteiger partial charge in [0, 0.05) is 10.6 Å². The van der Waals surface area contributed by atoms with Crippen molar-refractivity contribution in [3.05, 3.63) is 57.0 Å². The molecular formula is C16H17BrClNO2. The van der Waals surface area contributed by atoms with E-state index in [1.807, 2.05) is 43.4 Å². The zero-order chi connectivity index (χ0) is 15.4. The molecule has 0 fully saturated rings. The minimum atomic E-state index is -0.0270. The van der Waals surface area contributed by atoms with Crippen LogP contribution in [-0.2, 0) is 0 Å². The van der Waals surface area contributed by atoms with Crippen LogP contribution in [0, 0.1) is 0 Å². The summed E-state index contributed by atoms with van der Waals surface area (Å²) in [5.74, 6) is 1.59. The van der Waals surface area contributed by atoms with Gasteiger partial charge in [0.1, 0.15) is 11.5 Å². The van der Waals surface area contributed by atoms with Crippen LogP contribution in [0.2, 0.25) is 5.02 Å². The summed E-state index contributed by atoms with van der Waals surface area (Å²) in [6.45, 7) is 0. The number of nitrogens with one attached hydrogen (secondary N) is 1. The van der Waals surface area contributed by atoms with Gasteiger partial charge in [-0.15, -0.1) is 0 Å². The Kier molecular flexibility index (Phi) is 5.51. The van der Waals surface area contributed by atoms with E-state index in [1.165, 1.54) is 0 Å². The molecule has 0 aliphatic rings. The van der Waals surface area contributed by atoms with Gasteiger partial charge >= 0.3 is 0 Å². The Balaban J connectivity index is 2.49. The third kappa shape index (κ3) is 3.51. The molecule has 0 amide bonds.